The lowest BCUT2D eigenvalue weighted by atomic mass is 10.1. The molecule has 2 atom stereocenters. The average molecular weight is 185 g/mol. The van der Waals surface area contributed by atoms with E-state index in [9.17, 15) is 4.79 Å². The molecule has 0 aromatic rings. The average Bonchev–Trinajstić information content (AvgIpc) is 2.14. The monoisotopic (exact) mass is 185 g/mol. The van der Waals surface area contributed by atoms with Crippen LogP contribution in [0.2, 0.25) is 0 Å². The zero-order valence-corrected chi connectivity index (χ0v) is 9.63. The van der Waals surface area contributed by atoms with Gasteiger partial charge < -0.3 is 0 Å². The maximum Gasteiger partial charge on any atom is 0.149 e. The van der Waals surface area contributed by atoms with Gasteiger partial charge in [-0.15, -0.1) is 0 Å². The number of likely N-dealkylation sites (N-methyl/N-ethyl adjacent to an activating group) is 1. The summed E-state index contributed by atoms with van der Waals surface area (Å²) in [6.07, 6.45) is 2.99. The summed E-state index contributed by atoms with van der Waals surface area (Å²) < 4.78 is 0. The van der Waals surface area contributed by atoms with Gasteiger partial charge in [-0.25, -0.2) is 0 Å². The van der Waals surface area contributed by atoms with Crippen LogP contribution in [0.4, 0.5) is 0 Å². The number of Topliss-reactive ketones (excluding diaryl/α,β-unsaturated/α-hetero) is 1. The van der Waals surface area contributed by atoms with Crippen LogP contribution in [0, 0.1) is 0 Å². The lowest BCUT2D eigenvalue weighted by Crippen LogP contribution is -2.41. The minimum Gasteiger partial charge on any atom is -0.298 e. The van der Waals surface area contributed by atoms with E-state index in [2.05, 4.69) is 18.7 Å². The Bertz CT molecular complexity index is 156. The molecule has 0 spiro atoms. The topological polar surface area (TPSA) is 20.3 Å². The number of rotatable bonds is 6. The molecule has 0 bridgehead atoms. The van der Waals surface area contributed by atoms with Gasteiger partial charge in [0.25, 0.3) is 0 Å². The van der Waals surface area contributed by atoms with Gasteiger partial charge in [-0.05, 0) is 27.3 Å². The first-order valence-electron chi connectivity index (χ1n) is 5.29. The molecule has 0 radical (unpaired) electrons. The SMILES string of the molecule is CCCC(C)N(C)C(C)C(=O)CC. The van der Waals surface area contributed by atoms with E-state index >= 15 is 0 Å². The normalized spacial score (nSPS) is 15.8. The standard InChI is InChI=1S/C11H23NO/c1-6-8-9(3)12(5)10(4)11(13)7-2/h9-10H,6-8H2,1-5H3. The lowest BCUT2D eigenvalue weighted by molar-refractivity contribution is -0.123. The highest BCUT2D eigenvalue weighted by Gasteiger charge is 2.19. The van der Waals surface area contributed by atoms with E-state index in [1.807, 2.05) is 20.9 Å². The number of ketones is 1. The van der Waals surface area contributed by atoms with Crippen molar-refractivity contribution < 1.29 is 4.79 Å². The molecule has 78 valence electrons. The molecule has 0 aromatic carbocycles. The molecule has 0 saturated carbocycles. The van der Waals surface area contributed by atoms with Gasteiger partial charge in [-0.1, -0.05) is 20.3 Å². The van der Waals surface area contributed by atoms with Crippen LogP contribution in [0.5, 0.6) is 0 Å². The van der Waals surface area contributed by atoms with Crippen LogP contribution < -0.4 is 0 Å². The Labute approximate surface area is 82.3 Å². The van der Waals surface area contributed by atoms with Crippen LogP contribution in [0.1, 0.15) is 47.0 Å². The van der Waals surface area contributed by atoms with Gasteiger partial charge in [0, 0.05) is 12.5 Å². The van der Waals surface area contributed by atoms with Crippen LogP contribution in [0.3, 0.4) is 0 Å². The number of hydrogen-bond acceptors (Lipinski definition) is 2. The summed E-state index contributed by atoms with van der Waals surface area (Å²) in [5.74, 6) is 0.338. The highest BCUT2D eigenvalue weighted by atomic mass is 16.1. The Hall–Kier alpha value is -0.370. The fourth-order valence-corrected chi connectivity index (χ4v) is 1.53. The van der Waals surface area contributed by atoms with Crippen molar-refractivity contribution in [3.63, 3.8) is 0 Å². The van der Waals surface area contributed by atoms with Crippen molar-refractivity contribution in [2.24, 2.45) is 0 Å². The Morgan fingerprint density at radius 2 is 1.85 bits per heavy atom. The molecule has 2 heteroatoms. The summed E-state index contributed by atoms with van der Waals surface area (Å²) in [7, 11) is 2.04. The molecule has 0 heterocycles. The zero-order chi connectivity index (χ0) is 10.4. The van der Waals surface area contributed by atoms with Crippen LogP contribution in [-0.2, 0) is 4.79 Å². The molecule has 0 aromatic heterocycles. The summed E-state index contributed by atoms with van der Waals surface area (Å²) in [4.78, 5) is 13.6. The van der Waals surface area contributed by atoms with E-state index in [1.54, 1.807) is 0 Å². The Kier molecular flexibility index (Phi) is 5.97. The highest BCUT2D eigenvalue weighted by molar-refractivity contribution is 5.83. The van der Waals surface area contributed by atoms with Gasteiger partial charge in [0.2, 0.25) is 0 Å². The molecule has 0 saturated heterocycles. The second-order valence-electron chi connectivity index (χ2n) is 3.80. The molecule has 0 N–H and O–H groups in total. The fraction of sp³-hybridized carbons (Fsp3) is 0.909. The third kappa shape index (κ3) is 3.90. The van der Waals surface area contributed by atoms with Gasteiger partial charge in [0.1, 0.15) is 5.78 Å². The van der Waals surface area contributed by atoms with E-state index in [-0.39, 0.29) is 6.04 Å². The van der Waals surface area contributed by atoms with Crippen LogP contribution >= 0.6 is 0 Å². The van der Waals surface area contributed by atoms with Crippen molar-refractivity contribution in [3.05, 3.63) is 0 Å². The summed E-state index contributed by atoms with van der Waals surface area (Å²) >= 11 is 0. The van der Waals surface area contributed by atoms with Crippen LogP contribution in [0.25, 0.3) is 0 Å². The summed E-state index contributed by atoms with van der Waals surface area (Å²) in [6.45, 7) is 8.29. The first kappa shape index (κ1) is 12.6. The van der Waals surface area contributed by atoms with E-state index < -0.39 is 0 Å². The maximum atomic E-state index is 11.4. The molecule has 0 fully saturated rings. The van der Waals surface area contributed by atoms with E-state index in [0.717, 1.165) is 6.42 Å². The molecule has 0 aliphatic heterocycles. The summed E-state index contributed by atoms with van der Waals surface area (Å²) in [6, 6.07) is 0.585. The first-order chi connectivity index (χ1) is 6.04. The smallest absolute Gasteiger partial charge is 0.149 e. The minimum absolute atomic E-state index is 0.0755. The van der Waals surface area contributed by atoms with E-state index in [1.165, 1.54) is 6.42 Å². The van der Waals surface area contributed by atoms with Crippen LogP contribution in [-0.4, -0.2) is 29.8 Å². The van der Waals surface area contributed by atoms with Gasteiger partial charge in [0.05, 0.1) is 6.04 Å². The molecule has 0 aliphatic carbocycles. The Morgan fingerprint density at radius 3 is 2.23 bits per heavy atom. The number of carbonyl (C=O) groups is 1. The molecule has 13 heavy (non-hydrogen) atoms. The third-order valence-electron chi connectivity index (χ3n) is 2.83. The van der Waals surface area contributed by atoms with Gasteiger partial charge in [-0.2, -0.15) is 0 Å². The molecular weight excluding hydrogens is 162 g/mol. The van der Waals surface area contributed by atoms with Crippen molar-refractivity contribution in [3.8, 4) is 0 Å². The predicted octanol–water partition coefficient (Wildman–Crippen LogP) is 2.47. The third-order valence-corrected chi connectivity index (χ3v) is 2.83. The molecule has 0 rings (SSSR count). The predicted molar refractivity (Wildman–Crippen MR) is 56.9 cm³/mol. The van der Waals surface area contributed by atoms with Crippen molar-refractivity contribution >= 4 is 5.78 Å². The van der Waals surface area contributed by atoms with Crippen molar-refractivity contribution in [2.75, 3.05) is 7.05 Å². The van der Waals surface area contributed by atoms with Crippen molar-refractivity contribution in [1.82, 2.24) is 4.90 Å². The maximum absolute atomic E-state index is 11.4. The van der Waals surface area contributed by atoms with Gasteiger partial charge in [0.15, 0.2) is 0 Å². The second-order valence-corrected chi connectivity index (χ2v) is 3.80. The molecule has 0 aliphatic rings. The largest absolute Gasteiger partial charge is 0.298 e. The quantitative estimate of drug-likeness (QED) is 0.633. The first-order valence-corrected chi connectivity index (χ1v) is 5.29. The molecular formula is C11H23NO. The minimum atomic E-state index is 0.0755. The summed E-state index contributed by atoms with van der Waals surface area (Å²) in [5.41, 5.74) is 0. The summed E-state index contributed by atoms with van der Waals surface area (Å²) in [5, 5.41) is 0. The number of carbonyl (C=O) groups excluding carboxylic acids is 1. The zero-order valence-electron chi connectivity index (χ0n) is 9.63. The second kappa shape index (κ2) is 6.14. The van der Waals surface area contributed by atoms with Gasteiger partial charge in [-0.3, -0.25) is 9.69 Å². The van der Waals surface area contributed by atoms with E-state index in [0.29, 0.717) is 18.2 Å². The Morgan fingerprint density at radius 1 is 1.31 bits per heavy atom. The molecule has 0 amide bonds. The molecule has 2 nitrogen and oxygen atoms in total. The number of nitrogens with zero attached hydrogens (tertiary/aromatic N) is 1. The van der Waals surface area contributed by atoms with Gasteiger partial charge >= 0.3 is 0 Å². The molecule has 2 unspecified atom stereocenters. The highest BCUT2D eigenvalue weighted by Crippen LogP contribution is 2.09. The lowest BCUT2D eigenvalue weighted by Gasteiger charge is -2.29. The fourth-order valence-electron chi connectivity index (χ4n) is 1.53. The van der Waals surface area contributed by atoms with E-state index in [4.69, 9.17) is 0 Å². The number of hydrogen-bond donors (Lipinski definition) is 0. The van der Waals surface area contributed by atoms with Crippen molar-refractivity contribution in [2.45, 2.75) is 59.0 Å². The Balaban J connectivity index is 4.07. The van der Waals surface area contributed by atoms with Crippen LogP contribution in [0.15, 0.2) is 0 Å². The van der Waals surface area contributed by atoms with Crippen molar-refractivity contribution in [1.29, 1.82) is 0 Å².